The molecule has 1 aliphatic rings. The molecule has 0 amide bonds. The van der Waals surface area contributed by atoms with Crippen molar-refractivity contribution in [2.24, 2.45) is 0 Å². The topological polar surface area (TPSA) is 55.6 Å². The molecule has 31 heavy (non-hydrogen) atoms. The van der Waals surface area contributed by atoms with Crippen molar-refractivity contribution >= 4 is 17.2 Å². The maximum absolute atomic E-state index is 6.04. The van der Waals surface area contributed by atoms with Crippen molar-refractivity contribution in [2.45, 2.75) is 25.3 Å². The number of methoxy groups -OCH3 is 1. The van der Waals surface area contributed by atoms with Crippen LogP contribution >= 0.6 is 11.6 Å². The van der Waals surface area contributed by atoms with E-state index in [9.17, 15) is 0 Å². The number of rotatable bonds is 5. The van der Waals surface area contributed by atoms with Gasteiger partial charge in [-0.25, -0.2) is 14.5 Å². The van der Waals surface area contributed by atoms with Crippen molar-refractivity contribution in [2.75, 3.05) is 20.2 Å². The minimum absolute atomic E-state index is 0.398. The zero-order valence-electron chi connectivity index (χ0n) is 17.4. The van der Waals surface area contributed by atoms with Crippen LogP contribution in [0.4, 0.5) is 0 Å². The number of benzene rings is 1. The monoisotopic (exact) mass is 433 g/mol. The SMILES string of the molecule is COc1ncccc1-c1cc2nccc(C3CCCN(Cc4ccc(Cl)cc4)C3)n2n1. The second-order valence-electron chi connectivity index (χ2n) is 7.93. The van der Waals surface area contributed by atoms with Crippen LogP contribution in [-0.2, 0) is 6.54 Å². The van der Waals surface area contributed by atoms with E-state index in [-0.39, 0.29) is 0 Å². The Morgan fingerprint density at radius 3 is 2.81 bits per heavy atom. The highest BCUT2D eigenvalue weighted by Crippen LogP contribution is 2.31. The summed E-state index contributed by atoms with van der Waals surface area (Å²) in [6, 6.07) is 16.1. The van der Waals surface area contributed by atoms with Crippen molar-refractivity contribution in [1.82, 2.24) is 24.5 Å². The Morgan fingerprint density at radius 2 is 1.97 bits per heavy atom. The first-order valence-electron chi connectivity index (χ1n) is 10.5. The molecule has 3 aromatic heterocycles. The molecule has 4 aromatic rings. The third-order valence-corrected chi connectivity index (χ3v) is 6.12. The zero-order valence-corrected chi connectivity index (χ0v) is 18.2. The first-order valence-corrected chi connectivity index (χ1v) is 10.9. The van der Waals surface area contributed by atoms with Crippen LogP contribution in [0.15, 0.2) is 60.9 Å². The molecule has 0 N–H and O–H groups in total. The second kappa shape index (κ2) is 8.65. The van der Waals surface area contributed by atoms with Gasteiger partial charge in [-0.15, -0.1) is 0 Å². The average molecular weight is 434 g/mol. The Bertz CT molecular complexity index is 1190. The molecule has 1 fully saturated rings. The van der Waals surface area contributed by atoms with Crippen LogP contribution in [0.25, 0.3) is 16.9 Å². The van der Waals surface area contributed by atoms with Gasteiger partial charge in [-0.05, 0) is 55.3 Å². The van der Waals surface area contributed by atoms with E-state index in [2.05, 4.69) is 33.1 Å². The largest absolute Gasteiger partial charge is 0.481 e. The molecule has 4 heterocycles. The van der Waals surface area contributed by atoms with Gasteiger partial charge in [0, 0.05) is 42.5 Å². The van der Waals surface area contributed by atoms with Crippen LogP contribution in [0.5, 0.6) is 5.88 Å². The average Bonchev–Trinajstić information content (AvgIpc) is 3.25. The molecule has 0 saturated carbocycles. The number of halogens is 1. The molecular formula is C24H24ClN5O. The number of hydrogen-bond donors (Lipinski definition) is 0. The molecule has 5 rings (SSSR count). The van der Waals surface area contributed by atoms with Crippen LogP contribution < -0.4 is 4.74 Å². The van der Waals surface area contributed by atoms with Crippen LogP contribution in [0, 0.1) is 0 Å². The summed E-state index contributed by atoms with van der Waals surface area (Å²) in [6.45, 7) is 3.02. The number of hydrogen-bond acceptors (Lipinski definition) is 5. The second-order valence-corrected chi connectivity index (χ2v) is 8.37. The molecule has 1 aromatic carbocycles. The first-order chi connectivity index (χ1) is 15.2. The standard InChI is InChI=1S/C24H24ClN5O/c1-31-24-20(5-2-11-27-24)21-14-23-26-12-10-22(30(23)28-21)18-4-3-13-29(16-18)15-17-6-8-19(25)9-7-17/h2,5-12,14,18H,3-4,13,15-16H2,1H3. The van der Waals surface area contributed by atoms with Crippen molar-refractivity contribution in [1.29, 1.82) is 0 Å². The lowest BCUT2D eigenvalue weighted by Crippen LogP contribution is -2.34. The molecule has 0 bridgehead atoms. The summed E-state index contributed by atoms with van der Waals surface area (Å²) in [5.74, 6) is 0.967. The molecule has 1 atom stereocenters. The minimum Gasteiger partial charge on any atom is -0.481 e. The van der Waals surface area contributed by atoms with Gasteiger partial charge in [0.05, 0.1) is 18.4 Å². The highest BCUT2D eigenvalue weighted by molar-refractivity contribution is 6.30. The molecule has 158 valence electrons. The van der Waals surface area contributed by atoms with E-state index in [0.29, 0.717) is 11.8 Å². The molecule has 0 spiro atoms. The van der Waals surface area contributed by atoms with Crippen molar-refractivity contribution in [3.8, 4) is 17.1 Å². The third-order valence-electron chi connectivity index (χ3n) is 5.87. The fourth-order valence-electron chi connectivity index (χ4n) is 4.39. The lowest BCUT2D eigenvalue weighted by Gasteiger charge is -2.33. The van der Waals surface area contributed by atoms with Gasteiger partial charge in [-0.3, -0.25) is 4.90 Å². The number of nitrogens with zero attached hydrogens (tertiary/aromatic N) is 5. The van der Waals surface area contributed by atoms with Gasteiger partial charge in [0.2, 0.25) is 5.88 Å². The van der Waals surface area contributed by atoms with Crippen molar-refractivity contribution in [3.05, 3.63) is 77.2 Å². The Labute approximate surface area is 186 Å². The van der Waals surface area contributed by atoms with E-state index < -0.39 is 0 Å². The molecule has 0 radical (unpaired) electrons. The van der Waals surface area contributed by atoms with E-state index in [0.717, 1.165) is 54.4 Å². The number of ether oxygens (including phenoxy) is 1. The van der Waals surface area contributed by atoms with Crippen molar-refractivity contribution in [3.63, 3.8) is 0 Å². The van der Waals surface area contributed by atoms with Gasteiger partial charge in [-0.2, -0.15) is 5.10 Å². The van der Waals surface area contributed by atoms with Gasteiger partial charge in [0.1, 0.15) is 5.69 Å². The normalized spacial score (nSPS) is 17.2. The fraction of sp³-hybridized carbons (Fsp3) is 0.292. The quantitative estimate of drug-likeness (QED) is 0.451. The van der Waals surface area contributed by atoms with Crippen LogP contribution in [-0.4, -0.2) is 44.7 Å². The molecule has 1 saturated heterocycles. The van der Waals surface area contributed by atoms with E-state index >= 15 is 0 Å². The van der Waals surface area contributed by atoms with E-state index in [1.807, 2.05) is 41.0 Å². The smallest absolute Gasteiger partial charge is 0.222 e. The lowest BCUT2D eigenvalue weighted by molar-refractivity contribution is 0.197. The summed E-state index contributed by atoms with van der Waals surface area (Å²) >= 11 is 6.04. The Balaban J connectivity index is 1.43. The third kappa shape index (κ3) is 4.13. The number of likely N-dealkylation sites (tertiary alicyclic amines) is 1. The summed E-state index contributed by atoms with van der Waals surface area (Å²) < 4.78 is 7.41. The summed E-state index contributed by atoms with van der Waals surface area (Å²) in [5.41, 5.74) is 5.01. The number of pyridine rings is 1. The van der Waals surface area contributed by atoms with Crippen LogP contribution in [0.3, 0.4) is 0 Å². The van der Waals surface area contributed by atoms with Crippen LogP contribution in [0.2, 0.25) is 5.02 Å². The van der Waals surface area contributed by atoms with Crippen LogP contribution in [0.1, 0.15) is 30.0 Å². The van der Waals surface area contributed by atoms with E-state index in [1.165, 1.54) is 11.3 Å². The first kappa shape index (κ1) is 20.0. The van der Waals surface area contributed by atoms with Gasteiger partial charge in [0.15, 0.2) is 5.65 Å². The van der Waals surface area contributed by atoms with Gasteiger partial charge < -0.3 is 4.74 Å². The number of aromatic nitrogens is 4. The highest BCUT2D eigenvalue weighted by atomic mass is 35.5. The summed E-state index contributed by atoms with van der Waals surface area (Å²) in [7, 11) is 1.63. The number of piperidine rings is 1. The predicted molar refractivity (Wildman–Crippen MR) is 121 cm³/mol. The zero-order chi connectivity index (χ0) is 21.2. The maximum Gasteiger partial charge on any atom is 0.222 e. The Kier molecular flexibility index (Phi) is 5.57. The van der Waals surface area contributed by atoms with Gasteiger partial charge >= 0.3 is 0 Å². The van der Waals surface area contributed by atoms with Gasteiger partial charge in [-0.1, -0.05) is 23.7 Å². The summed E-state index contributed by atoms with van der Waals surface area (Å²) in [4.78, 5) is 11.4. The molecule has 1 unspecified atom stereocenters. The minimum atomic E-state index is 0.398. The predicted octanol–water partition coefficient (Wildman–Crippen LogP) is 4.83. The lowest BCUT2D eigenvalue weighted by atomic mass is 9.94. The maximum atomic E-state index is 6.04. The molecular weight excluding hydrogens is 410 g/mol. The molecule has 7 heteroatoms. The molecule has 1 aliphatic heterocycles. The fourth-order valence-corrected chi connectivity index (χ4v) is 4.52. The molecule has 0 aliphatic carbocycles. The van der Waals surface area contributed by atoms with Gasteiger partial charge in [0.25, 0.3) is 0 Å². The van der Waals surface area contributed by atoms with Crippen molar-refractivity contribution < 1.29 is 4.74 Å². The summed E-state index contributed by atoms with van der Waals surface area (Å²) in [6.07, 6.45) is 5.90. The summed E-state index contributed by atoms with van der Waals surface area (Å²) in [5, 5.41) is 5.66. The number of fused-ring (bicyclic) bond motifs is 1. The molecule has 6 nitrogen and oxygen atoms in total. The Morgan fingerprint density at radius 1 is 1.10 bits per heavy atom. The highest BCUT2D eigenvalue weighted by Gasteiger charge is 2.24. The van der Waals surface area contributed by atoms with E-state index in [1.54, 1.807) is 13.3 Å². The Hall–Kier alpha value is -2.96. The van der Waals surface area contributed by atoms with E-state index in [4.69, 9.17) is 21.4 Å².